The Kier molecular flexibility index (Phi) is 20.4. The normalized spacial score (nSPS) is 17.0. The topological polar surface area (TPSA) is 178 Å². The van der Waals surface area contributed by atoms with Crippen molar-refractivity contribution in [3.63, 3.8) is 0 Å². The van der Waals surface area contributed by atoms with Gasteiger partial charge in [-0.25, -0.2) is 8.42 Å². The maximum absolute atomic E-state index is 10.5. The summed E-state index contributed by atoms with van der Waals surface area (Å²) < 4.78 is 60.7. The first-order chi connectivity index (χ1) is 29.6. The number of nitrogens with one attached hydrogen (secondary N) is 4. The Morgan fingerprint density at radius 2 is 1.37 bits per heavy atom. The van der Waals surface area contributed by atoms with Crippen LogP contribution in [0, 0.1) is 13.8 Å². The molecule has 1 saturated heterocycles. The number of likely N-dealkylation sites (tertiary alicyclic amines) is 1. The second kappa shape index (κ2) is 25.4. The van der Waals surface area contributed by atoms with E-state index in [0.29, 0.717) is 6.04 Å². The molecule has 3 atom stereocenters. The monoisotopic (exact) mass is 885 g/mol. The first kappa shape index (κ1) is 49.9. The molecule has 0 bridgehead atoms. The van der Waals surface area contributed by atoms with Crippen molar-refractivity contribution in [2.45, 2.75) is 106 Å². The molecule has 5 aromatic rings. The summed E-state index contributed by atoms with van der Waals surface area (Å²) >= 11 is 0. The van der Waals surface area contributed by atoms with Gasteiger partial charge in [-0.1, -0.05) is 96.4 Å². The predicted octanol–water partition coefficient (Wildman–Crippen LogP) is 7.82. The third-order valence-electron chi connectivity index (χ3n) is 11.4. The first-order valence-electron chi connectivity index (χ1n) is 21.7. The van der Waals surface area contributed by atoms with Crippen LogP contribution in [0.15, 0.2) is 131 Å². The highest BCUT2D eigenvalue weighted by molar-refractivity contribution is 7.86. The van der Waals surface area contributed by atoms with Crippen LogP contribution in [0.25, 0.3) is 0 Å². The van der Waals surface area contributed by atoms with Gasteiger partial charge in [0.2, 0.25) is 0 Å². The Balaban J connectivity index is 0.000000193. The fourth-order valence-electron chi connectivity index (χ4n) is 7.59. The lowest BCUT2D eigenvalue weighted by atomic mass is 9.95. The van der Waals surface area contributed by atoms with Gasteiger partial charge in [-0.2, -0.15) is 8.42 Å². The molecule has 2 aliphatic rings. The Bertz CT molecular complexity index is 2230. The van der Waals surface area contributed by atoms with Crippen molar-refractivity contribution in [3.05, 3.63) is 149 Å². The molecule has 0 spiro atoms. The fourth-order valence-corrected chi connectivity index (χ4v) is 8.54. The fraction of sp³-hybridized carbons (Fsp3) is 0.388. The minimum atomic E-state index is -4.27. The van der Waals surface area contributed by atoms with Crippen molar-refractivity contribution >= 4 is 37.3 Å². The third-order valence-corrected chi connectivity index (χ3v) is 13.1. The van der Waals surface area contributed by atoms with Crippen LogP contribution in [-0.4, -0.2) is 65.2 Å². The van der Waals surface area contributed by atoms with Gasteiger partial charge in [0.25, 0.3) is 10.1 Å². The molecule has 0 amide bonds. The number of fused-ring (bicyclic) bond motifs is 1. The van der Waals surface area contributed by atoms with Crippen LogP contribution in [0.2, 0.25) is 0 Å². The van der Waals surface area contributed by atoms with Crippen molar-refractivity contribution < 1.29 is 30.8 Å². The van der Waals surface area contributed by atoms with E-state index in [0.717, 1.165) is 47.9 Å². The summed E-state index contributed by atoms with van der Waals surface area (Å²) in [6.45, 7) is 6.91. The highest BCUT2D eigenvalue weighted by Gasteiger charge is 2.22. The third kappa shape index (κ3) is 17.5. The van der Waals surface area contributed by atoms with Gasteiger partial charge in [-0.3, -0.25) is 4.55 Å². The summed E-state index contributed by atoms with van der Waals surface area (Å²) in [5.41, 5.74) is 15.4. The van der Waals surface area contributed by atoms with E-state index in [9.17, 15) is 21.4 Å². The number of nitrogen functional groups attached to an aromatic ring is 1. The molecule has 3 unspecified atom stereocenters. The van der Waals surface area contributed by atoms with Gasteiger partial charge >= 0.3 is 0 Å². The summed E-state index contributed by atoms with van der Waals surface area (Å²) in [4.78, 5) is 1.47. The van der Waals surface area contributed by atoms with Crippen molar-refractivity contribution in [3.8, 4) is 0 Å². The standard InChI is InChI=1S/C21H29N3.C14H22N2.2C7H8O3S/c1-24-15-7-6-10-19(24)14-13-17-8-3-5-12-21(17)23-16-18-9-2-4-11-20(18)22;1-15-11-5-4-7-13-10-9-12-6-2-3-8-14(12)16-13;2*1-6-2-4-7(5-3-6)11(8,9)10/h2-5,8-9,11-12,19,23H,6-7,10,13-16,22H2,1H3;2-3,6,8,13,15-16H,4-5,7,9-11H2,1H3;2*2-5H,1H3,(H,8,9,10). The maximum Gasteiger partial charge on any atom is 0.294 e. The van der Waals surface area contributed by atoms with Gasteiger partial charge in [0.1, 0.15) is 10.1 Å². The number of nitrogens with two attached hydrogens (primary N) is 1. The van der Waals surface area contributed by atoms with Crippen LogP contribution >= 0.6 is 0 Å². The van der Waals surface area contributed by atoms with Gasteiger partial charge in [0.15, 0.2) is 0 Å². The molecule has 7 N–H and O–H groups in total. The summed E-state index contributed by atoms with van der Waals surface area (Å²) in [7, 11) is -3.91. The molecule has 11 nitrogen and oxygen atoms in total. The van der Waals surface area contributed by atoms with Gasteiger partial charge < -0.3 is 31.1 Å². The van der Waals surface area contributed by atoms with Crippen molar-refractivity contribution in [1.82, 2.24) is 5.32 Å². The number of quaternary nitrogens is 1. The number of piperidine rings is 1. The van der Waals surface area contributed by atoms with Crippen LogP contribution in [-0.2, 0) is 39.6 Å². The number of aryl methyl sites for hydroxylation is 4. The average Bonchev–Trinajstić information content (AvgIpc) is 3.25. The van der Waals surface area contributed by atoms with E-state index in [2.05, 4.69) is 77.6 Å². The van der Waals surface area contributed by atoms with Gasteiger partial charge in [-0.05, 0) is 138 Å². The number of hydrogen-bond donors (Lipinski definition) is 6. The second-order valence-electron chi connectivity index (χ2n) is 16.2. The maximum atomic E-state index is 10.5. The van der Waals surface area contributed by atoms with Gasteiger partial charge in [-0.15, -0.1) is 0 Å². The molecule has 13 heteroatoms. The Morgan fingerprint density at radius 3 is 2.00 bits per heavy atom. The predicted molar refractivity (Wildman–Crippen MR) is 252 cm³/mol. The molecule has 62 heavy (non-hydrogen) atoms. The average molecular weight is 886 g/mol. The molecule has 5 aromatic carbocycles. The van der Waals surface area contributed by atoms with E-state index in [1.165, 1.54) is 111 Å². The summed E-state index contributed by atoms with van der Waals surface area (Å²) in [6, 6.07) is 38.7. The number of hydrogen-bond acceptors (Lipinski definition) is 9. The van der Waals surface area contributed by atoms with E-state index in [1.54, 1.807) is 29.2 Å². The molecule has 2 aliphatic heterocycles. The zero-order chi connectivity index (χ0) is 45.0. The molecule has 336 valence electrons. The zero-order valence-electron chi connectivity index (χ0n) is 36.8. The molecule has 2 heterocycles. The summed E-state index contributed by atoms with van der Waals surface area (Å²) in [6.07, 6.45) is 13.0. The Labute approximate surface area is 371 Å². The molecule has 0 radical (unpaired) electrons. The highest BCUT2D eigenvalue weighted by Crippen LogP contribution is 2.26. The van der Waals surface area contributed by atoms with Crippen molar-refractivity contribution in [2.24, 2.45) is 0 Å². The molecule has 0 saturated carbocycles. The van der Waals surface area contributed by atoms with Crippen LogP contribution < -0.4 is 26.6 Å². The highest BCUT2D eigenvalue weighted by atomic mass is 32.2. The van der Waals surface area contributed by atoms with E-state index in [1.807, 2.05) is 39.1 Å². The Morgan fingerprint density at radius 1 is 0.758 bits per heavy atom. The quantitative estimate of drug-likeness (QED) is 0.0388. The number of rotatable bonds is 13. The van der Waals surface area contributed by atoms with Crippen LogP contribution in [0.5, 0.6) is 0 Å². The lowest BCUT2D eigenvalue weighted by Crippen LogP contribution is -3.13. The number of para-hydroxylation sites is 3. The Hall–Kier alpha value is -4.76. The van der Waals surface area contributed by atoms with Crippen molar-refractivity contribution in [2.75, 3.05) is 43.6 Å². The first-order valence-corrected chi connectivity index (χ1v) is 24.5. The second-order valence-corrected chi connectivity index (χ2v) is 19.0. The number of benzene rings is 5. The molecule has 0 aromatic heterocycles. The lowest BCUT2D eigenvalue weighted by molar-refractivity contribution is -0.911. The van der Waals surface area contributed by atoms with Crippen LogP contribution in [0.4, 0.5) is 17.1 Å². The van der Waals surface area contributed by atoms with E-state index >= 15 is 0 Å². The van der Waals surface area contributed by atoms with Crippen LogP contribution in [0.3, 0.4) is 0 Å². The van der Waals surface area contributed by atoms with Gasteiger partial charge in [0.05, 0.1) is 29.4 Å². The number of anilines is 3. The molecule has 7 rings (SSSR count). The summed E-state index contributed by atoms with van der Waals surface area (Å²) in [5, 5.41) is 10.4. The molecule has 0 aliphatic carbocycles. The molecular formula is C49H67N5O6S2. The van der Waals surface area contributed by atoms with Crippen molar-refractivity contribution in [1.29, 1.82) is 0 Å². The molecule has 1 fully saturated rings. The number of unbranched alkanes of at least 4 members (excludes halogenated alkanes) is 1. The minimum Gasteiger partial charge on any atom is -0.744 e. The minimum absolute atomic E-state index is 0.0666. The largest absolute Gasteiger partial charge is 0.744 e. The van der Waals surface area contributed by atoms with Crippen LogP contribution in [0.1, 0.15) is 79.2 Å². The molecular weight excluding hydrogens is 819 g/mol. The van der Waals surface area contributed by atoms with E-state index in [4.69, 9.17) is 10.3 Å². The smallest absolute Gasteiger partial charge is 0.294 e. The lowest BCUT2D eigenvalue weighted by Gasteiger charge is -2.29. The zero-order valence-corrected chi connectivity index (χ0v) is 38.4. The summed E-state index contributed by atoms with van der Waals surface area (Å²) in [5.74, 6) is 0. The van der Waals surface area contributed by atoms with Gasteiger partial charge in [0, 0.05) is 36.1 Å². The van der Waals surface area contributed by atoms with E-state index < -0.39 is 20.2 Å². The van der Waals surface area contributed by atoms with E-state index in [-0.39, 0.29) is 9.79 Å². The SMILES string of the molecule is CNCCCCC1CCc2ccccc2N1.C[NH+]1CCCCC1CCc1ccccc1NCc1ccccc1N.Cc1ccc(S(=O)(=O)O)cc1.Cc1ccc(S(=O)(=O)[O-])cc1.